The molecule has 1 heterocycles. The number of hydrogen-bond acceptors (Lipinski definition) is 3. The molecule has 1 aromatic rings. The van der Waals surface area contributed by atoms with E-state index in [9.17, 15) is 0 Å². The van der Waals surface area contributed by atoms with Gasteiger partial charge in [0.15, 0.2) is 0 Å². The Bertz CT molecular complexity index is 374. The molecule has 0 amide bonds. The summed E-state index contributed by atoms with van der Waals surface area (Å²) in [5, 5.41) is 0. The van der Waals surface area contributed by atoms with Gasteiger partial charge in [0.1, 0.15) is 11.5 Å². The second-order valence-electron chi connectivity index (χ2n) is 3.82. The van der Waals surface area contributed by atoms with Gasteiger partial charge in [-0.25, -0.2) is 0 Å². The van der Waals surface area contributed by atoms with Crippen LogP contribution in [-0.2, 0) is 12.8 Å². The Morgan fingerprint density at radius 2 is 2.33 bits per heavy atom. The largest absolute Gasteiger partial charge is 0.496 e. The third-order valence-electron chi connectivity index (χ3n) is 2.88. The van der Waals surface area contributed by atoms with Crippen LogP contribution in [0.4, 0.5) is 0 Å². The summed E-state index contributed by atoms with van der Waals surface area (Å²) in [5.74, 6) is 1.96. The SMILES string of the molecule is COc1c(CCN)c(C)cc2c1CCO2. The van der Waals surface area contributed by atoms with E-state index in [0.717, 1.165) is 30.9 Å². The van der Waals surface area contributed by atoms with Crippen LogP contribution in [0, 0.1) is 6.92 Å². The van der Waals surface area contributed by atoms with Crippen molar-refractivity contribution >= 4 is 0 Å². The lowest BCUT2D eigenvalue weighted by Crippen LogP contribution is -2.07. The molecule has 15 heavy (non-hydrogen) atoms. The van der Waals surface area contributed by atoms with Gasteiger partial charge in [-0.15, -0.1) is 0 Å². The van der Waals surface area contributed by atoms with E-state index in [1.54, 1.807) is 7.11 Å². The maximum Gasteiger partial charge on any atom is 0.129 e. The van der Waals surface area contributed by atoms with Gasteiger partial charge >= 0.3 is 0 Å². The van der Waals surface area contributed by atoms with Gasteiger partial charge in [0, 0.05) is 12.0 Å². The Hall–Kier alpha value is -1.22. The highest BCUT2D eigenvalue weighted by Gasteiger charge is 2.21. The first-order chi connectivity index (χ1) is 7.27. The molecule has 0 saturated heterocycles. The Morgan fingerprint density at radius 3 is 3.00 bits per heavy atom. The molecule has 3 heteroatoms. The van der Waals surface area contributed by atoms with Gasteiger partial charge in [0.05, 0.1) is 13.7 Å². The summed E-state index contributed by atoms with van der Waals surface area (Å²) in [6, 6.07) is 2.09. The van der Waals surface area contributed by atoms with Crippen LogP contribution in [0.15, 0.2) is 6.07 Å². The van der Waals surface area contributed by atoms with E-state index in [4.69, 9.17) is 15.2 Å². The molecule has 0 atom stereocenters. The van der Waals surface area contributed by atoms with Gasteiger partial charge in [-0.05, 0) is 37.1 Å². The molecule has 0 aliphatic carbocycles. The smallest absolute Gasteiger partial charge is 0.129 e. The van der Waals surface area contributed by atoms with Crippen LogP contribution in [0.25, 0.3) is 0 Å². The van der Waals surface area contributed by atoms with Gasteiger partial charge in [-0.1, -0.05) is 0 Å². The highest BCUT2D eigenvalue weighted by molar-refractivity contribution is 5.55. The number of rotatable bonds is 3. The number of hydrogen-bond donors (Lipinski definition) is 1. The fraction of sp³-hybridized carbons (Fsp3) is 0.500. The minimum absolute atomic E-state index is 0.650. The average molecular weight is 207 g/mol. The number of benzene rings is 1. The minimum Gasteiger partial charge on any atom is -0.496 e. The molecule has 0 fully saturated rings. The van der Waals surface area contributed by atoms with E-state index < -0.39 is 0 Å². The fourth-order valence-electron chi connectivity index (χ4n) is 2.17. The fourth-order valence-corrected chi connectivity index (χ4v) is 2.17. The van der Waals surface area contributed by atoms with Crippen molar-refractivity contribution in [2.75, 3.05) is 20.3 Å². The molecule has 2 rings (SSSR count). The topological polar surface area (TPSA) is 44.5 Å². The average Bonchev–Trinajstić information content (AvgIpc) is 2.66. The molecule has 0 bridgehead atoms. The lowest BCUT2D eigenvalue weighted by molar-refractivity contribution is 0.356. The molecular formula is C12H17NO2. The van der Waals surface area contributed by atoms with Crippen molar-refractivity contribution in [1.29, 1.82) is 0 Å². The van der Waals surface area contributed by atoms with E-state index in [1.165, 1.54) is 16.7 Å². The number of ether oxygens (including phenoxy) is 2. The predicted molar refractivity (Wildman–Crippen MR) is 59.7 cm³/mol. The third kappa shape index (κ3) is 1.67. The first kappa shape index (κ1) is 10.3. The van der Waals surface area contributed by atoms with Crippen LogP contribution in [0.5, 0.6) is 11.5 Å². The van der Waals surface area contributed by atoms with Crippen molar-refractivity contribution < 1.29 is 9.47 Å². The standard InChI is InChI=1S/C12H17NO2/c1-8-7-11-10(4-6-15-11)12(14-2)9(8)3-5-13/h7H,3-6,13H2,1-2H3. The third-order valence-corrected chi connectivity index (χ3v) is 2.88. The van der Waals surface area contributed by atoms with Gasteiger partial charge in [0.2, 0.25) is 0 Å². The maximum absolute atomic E-state index is 5.61. The molecule has 1 aliphatic rings. The highest BCUT2D eigenvalue weighted by Crippen LogP contribution is 2.38. The first-order valence-corrected chi connectivity index (χ1v) is 5.30. The van der Waals surface area contributed by atoms with Crippen LogP contribution in [0.2, 0.25) is 0 Å². The van der Waals surface area contributed by atoms with E-state index in [1.807, 2.05) is 0 Å². The van der Waals surface area contributed by atoms with Gasteiger partial charge in [-0.3, -0.25) is 0 Å². The maximum atomic E-state index is 5.61. The molecule has 82 valence electrons. The van der Waals surface area contributed by atoms with Crippen molar-refractivity contribution in [3.63, 3.8) is 0 Å². The first-order valence-electron chi connectivity index (χ1n) is 5.30. The normalized spacial score (nSPS) is 13.5. The van der Waals surface area contributed by atoms with Gasteiger partial charge in [0.25, 0.3) is 0 Å². The van der Waals surface area contributed by atoms with Crippen molar-refractivity contribution in [1.82, 2.24) is 0 Å². The molecule has 0 unspecified atom stereocenters. The van der Waals surface area contributed by atoms with Gasteiger partial charge < -0.3 is 15.2 Å². The summed E-state index contributed by atoms with van der Waals surface area (Å²) in [7, 11) is 1.72. The number of methoxy groups -OCH3 is 1. The molecule has 0 saturated carbocycles. The lowest BCUT2D eigenvalue weighted by atomic mass is 9.99. The summed E-state index contributed by atoms with van der Waals surface area (Å²) >= 11 is 0. The van der Waals surface area contributed by atoms with Crippen molar-refractivity contribution in [2.24, 2.45) is 5.73 Å². The Kier molecular flexibility index (Phi) is 2.82. The summed E-state index contributed by atoms with van der Waals surface area (Å²) in [6.45, 7) is 3.49. The number of aryl methyl sites for hydroxylation is 1. The second kappa shape index (κ2) is 4.11. The number of fused-ring (bicyclic) bond motifs is 1. The Balaban J connectivity index is 2.53. The summed E-state index contributed by atoms with van der Waals surface area (Å²) in [4.78, 5) is 0. The molecule has 0 radical (unpaired) electrons. The summed E-state index contributed by atoms with van der Waals surface area (Å²) < 4.78 is 11.0. The lowest BCUT2D eigenvalue weighted by Gasteiger charge is -2.14. The minimum atomic E-state index is 0.650. The van der Waals surface area contributed by atoms with E-state index in [2.05, 4.69) is 13.0 Å². The monoisotopic (exact) mass is 207 g/mol. The molecule has 2 N–H and O–H groups in total. The zero-order valence-electron chi connectivity index (χ0n) is 9.30. The molecule has 3 nitrogen and oxygen atoms in total. The van der Waals surface area contributed by atoms with Crippen LogP contribution in [0.3, 0.4) is 0 Å². The Morgan fingerprint density at radius 1 is 1.53 bits per heavy atom. The molecular weight excluding hydrogens is 190 g/mol. The zero-order valence-corrected chi connectivity index (χ0v) is 9.30. The van der Waals surface area contributed by atoms with Crippen molar-refractivity contribution in [3.8, 4) is 11.5 Å². The van der Waals surface area contributed by atoms with E-state index >= 15 is 0 Å². The quantitative estimate of drug-likeness (QED) is 0.815. The highest BCUT2D eigenvalue weighted by atomic mass is 16.5. The molecule has 0 spiro atoms. The summed E-state index contributed by atoms with van der Waals surface area (Å²) in [5.41, 5.74) is 9.24. The predicted octanol–water partition coefficient (Wildman–Crippen LogP) is 1.44. The van der Waals surface area contributed by atoms with E-state index in [0.29, 0.717) is 6.54 Å². The van der Waals surface area contributed by atoms with Crippen LogP contribution in [0.1, 0.15) is 16.7 Å². The van der Waals surface area contributed by atoms with Crippen LogP contribution < -0.4 is 15.2 Å². The second-order valence-corrected chi connectivity index (χ2v) is 3.82. The summed E-state index contributed by atoms with van der Waals surface area (Å²) in [6.07, 6.45) is 1.80. The van der Waals surface area contributed by atoms with Crippen molar-refractivity contribution in [2.45, 2.75) is 19.8 Å². The van der Waals surface area contributed by atoms with E-state index in [-0.39, 0.29) is 0 Å². The van der Waals surface area contributed by atoms with Crippen LogP contribution in [-0.4, -0.2) is 20.3 Å². The van der Waals surface area contributed by atoms with Crippen LogP contribution >= 0.6 is 0 Å². The number of nitrogens with two attached hydrogens (primary N) is 1. The zero-order chi connectivity index (χ0) is 10.8. The van der Waals surface area contributed by atoms with Gasteiger partial charge in [-0.2, -0.15) is 0 Å². The molecule has 1 aromatic carbocycles. The Labute approximate surface area is 90.2 Å². The molecule has 1 aliphatic heterocycles. The van der Waals surface area contributed by atoms with Crippen molar-refractivity contribution in [3.05, 3.63) is 22.8 Å². The molecule has 0 aromatic heterocycles.